The minimum Gasteiger partial charge on any atom is -0.453 e. The van der Waals surface area contributed by atoms with Gasteiger partial charge in [-0.3, -0.25) is 9.59 Å². The second-order valence-electron chi connectivity index (χ2n) is 14.5. The molecule has 2 aromatic carbocycles. The van der Waals surface area contributed by atoms with E-state index in [-0.39, 0.29) is 35.7 Å². The molecule has 0 radical (unpaired) electrons. The number of nitrogens with two attached hydrogens (primary N) is 1. The topological polar surface area (TPSA) is 188 Å². The first-order valence-electron chi connectivity index (χ1n) is 18.1. The van der Waals surface area contributed by atoms with Gasteiger partial charge in [-0.05, 0) is 61.8 Å². The number of carbonyl (C=O) groups excluding carboxylic acids is 3. The predicted molar refractivity (Wildman–Crippen MR) is 197 cm³/mol. The Hall–Kier alpha value is -5.37. The van der Waals surface area contributed by atoms with Crippen molar-refractivity contribution in [2.24, 2.45) is 17.6 Å². The number of fused-ring (bicyclic) bond motifs is 2. The van der Waals surface area contributed by atoms with Gasteiger partial charge < -0.3 is 35.6 Å². The van der Waals surface area contributed by atoms with Crippen LogP contribution in [0.4, 0.5) is 4.79 Å². The highest BCUT2D eigenvalue weighted by molar-refractivity contribution is 5.88. The molecule has 52 heavy (non-hydrogen) atoms. The summed E-state index contributed by atoms with van der Waals surface area (Å²) in [6.07, 6.45) is 4.51. The van der Waals surface area contributed by atoms with Gasteiger partial charge in [0.15, 0.2) is 0 Å². The summed E-state index contributed by atoms with van der Waals surface area (Å²) >= 11 is 0. The maximum absolute atomic E-state index is 13.5. The Morgan fingerprint density at radius 1 is 0.846 bits per heavy atom. The van der Waals surface area contributed by atoms with Crippen LogP contribution in [0.15, 0.2) is 48.7 Å². The van der Waals surface area contributed by atoms with Crippen molar-refractivity contribution in [2.75, 3.05) is 20.2 Å². The average Bonchev–Trinajstić information content (AvgIpc) is 3.97. The monoisotopic (exact) mass is 706 g/mol. The largest absolute Gasteiger partial charge is 0.453 e. The number of benzene rings is 2. The Kier molecular flexibility index (Phi) is 9.66. The number of amides is 3. The Morgan fingerprint density at radius 3 is 2.27 bits per heavy atom. The number of carbonyl (C=O) groups is 3. The highest BCUT2D eigenvalue weighted by Gasteiger charge is 2.38. The molecular formula is C38H46N10O4. The van der Waals surface area contributed by atoms with Gasteiger partial charge in [0.2, 0.25) is 11.8 Å². The maximum Gasteiger partial charge on any atom is 0.407 e. The molecule has 5 heterocycles. The smallest absolute Gasteiger partial charge is 0.407 e. The fraction of sp³-hybridized carbons (Fsp3) is 0.447. The number of aromatic amines is 2. The molecule has 14 nitrogen and oxygen atoms in total. The number of alkyl carbamates (subject to hydrolysis) is 1. The van der Waals surface area contributed by atoms with E-state index >= 15 is 0 Å². The number of rotatable bonds is 9. The molecule has 2 fully saturated rings. The summed E-state index contributed by atoms with van der Waals surface area (Å²) in [5, 5.41) is 12.8. The summed E-state index contributed by atoms with van der Waals surface area (Å²) in [4.78, 5) is 58.7. The van der Waals surface area contributed by atoms with Crippen LogP contribution in [0.2, 0.25) is 0 Å². The highest BCUT2D eigenvalue weighted by Crippen LogP contribution is 2.35. The molecule has 5 aromatic rings. The second-order valence-corrected chi connectivity index (χ2v) is 14.5. The van der Waals surface area contributed by atoms with E-state index in [0.29, 0.717) is 18.9 Å². The molecule has 4 atom stereocenters. The number of likely N-dealkylation sites (tertiary alicyclic amines) is 2. The van der Waals surface area contributed by atoms with Crippen LogP contribution in [-0.4, -0.2) is 90.1 Å². The standard InChI is InChI=1S/C38H46N10O4/c1-20(2)32(39)36(49)47-14-7-9-31(47)35-41-25-13-12-23(18-28(25)42-35)26-16-22-10-11-24(17-27(22)46-45-26)29-19-40-34(43-29)30-8-6-15-48(30)37(50)33(21(3)4)44-38(51)52-5/h10-13,16-21,30-33H,6-9,14-15,39H2,1-5H3,(H,40,43)(H,41,42)(H,44,51)/t30-,31-,32-,33-/m0/s1. The Balaban J connectivity index is 1.08. The van der Waals surface area contributed by atoms with E-state index in [4.69, 9.17) is 15.5 Å². The third-order valence-electron chi connectivity index (χ3n) is 10.4. The van der Waals surface area contributed by atoms with E-state index in [1.807, 2.05) is 75.1 Å². The van der Waals surface area contributed by atoms with Crippen LogP contribution in [-0.2, 0) is 14.3 Å². The van der Waals surface area contributed by atoms with Crippen molar-refractivity contribution in [3.63, 3.8) is 0 Å². The normalized spacial score (nSPS) is 18.8. The summed E-state index contributed by atoms with van der Waals surface area (Å²) in [7, 11) is 1.29. The SMILES string of the molecule is COC(=O)N[C@H](C(=O)N1CCC[C@H]1c1ncc(-c2ccc3cc(-c4ccc5nc([C@@H]6CCCN6C(=O)[C@@H](N)C(C)C)[nH]c5c4)nnc3c2)[nH]1)C(C)C. The molecule has 7 rings (SSSR count). The van der Waals surface area contributed by atoms with Gasteiger partial charge in [-0.2, -0.15) is 0 Å². The van der Waals surface area contributed by atoms with Gasteiger partial charge in [0.1, 0.15) is 17.7 Å². The molecular weight excluding hydrogens is 660 g/mol. The molecule has 0 aliphatic carbocycles. The number of ether oxygens (including phenoxy) is 1. The Bertz CT molecular complexity index is 2120. The van der Waals surface area contributed by atoms with Crippen LogP contribution in [0, 0.1) is 11.8 Å². The first kappa shape index (κ1) is 35.1. The van der Waals surface area contributed by atoms with Crippen molar-refractivity contribution >= 4 is 39.8 Å². The van der Waals surface area contributed by atoms with Gasteiger partial charge in [-0.1, -0.05) is 45.9 Å². The molecule has 3 aromatic heterocycles. The third kappa shape index (κ3) is 6.70. The predicted octanol–water partition coefficient (Wildman–Crippen LogP) is 5.25. The number of methoxy groups -OCH3 is 1. The Morgan fingerprint density at radius 2 is 1.56 bits per heavy atom. The van der Waals surface area contributed by atoms with E-state index in [1.54, 1.807) is 11.1 Å². The zero-order valence-electron chi connectivity index (χ0n) is 30.2. The van der Waals surface area contributed by atoms with E-state index < -0.39 is 18.2 Å². The van der Waals surface area contributed by atoms with Gasteiger partial charge in [0, 0.05) is 29.6 Å². The van der Waals surface area contributed by atoms with E-state index in [2.05, 4.69) is 30.5 Å². The fourth-order valence-electron chi connectivity index (χ4n) is 7.33. The van der Waals surface area contributed by atoms with E-state index in [1.165, 1.54) is 7.11 Å². The molecule has 2 saturated heterocycles. The molecule has 3 amide bonds. The molecule has 0 saturated carbocycles. The lowest BCUT2D eigenvalue weighted by Crippen LogP contribution is -2.51. The van der Waals surface area contributed by atoms with Gasteiger partial charge in [0.25, 0.3) is 0 Å². The number of imidazole rings is 2. The molecule has 0 unspecified atom stereocenters. The lowest BCUT2D eigenvalue weighted by molar-refractivity contribution is -0.136. The van der Waals surface area contributed by atoms with Crippen molar-refractivity contribution in [3.8, 4) is 22.5 Å². The zero-order chi connectivity index (χ0) is 36.7. The maximum atomic E-state index is 13.5. The molecule has 14 heteroatoms. The third-order valence-corrected chi connectivity index (χ3v) is 10.4. The van der Waals surface area contributed by atoms with E-state index in [9.17, 15) is 14.4 Å². The number of aromatic nitrogens is 6. The number of nitrogens with one attached hydrogen (secondary N) is 3. The number of hydrogen-bond donors (Lipinski definition) is 4. The van der Waals surface area contributed by atoms with Gasteiger partial charge in [0.05, 0.1) is 59.4 Å². The lowest BCUT2D eigenvalue weighted by Gasteiger charge is -2.30. The molecule has 272 valence electrons. The van der Waals surface area contributed by atoms with Crippen molar-refractivity contribution < 1.29 is 19.1 Å². The fourth-order valence-corrected chi connectivity index (χ4v) is 7.33. The molecule has 2 aliphatic rings. The van der Waals surface area contributed by atoms with Crippen LogP contribution in [0.5, 0.6) is 0 Å². The summed E-state index contributed by atoms with van der Waals surface area (Å²) in [5.41, 5.74) is 12.0. The van der Waals surface area contributed by atoms with Gasteiger partial charge >= 0.3 is 6.09 Å². The summed E-state index contributed by atoms with van der Waals surface area (Å²) < 4.78 is 4.75. The van der Waals surface area contributed by atoms with Crippen molar-refractivity contribution in [3.05, 3.63) is 60.3 Å². The number of hydrogen-bond acceptors (Lipinski definition) is 9. The first-order valence-corrected chi connectivity index (χ1v) is 18.1. The summed E-state index contributed by atoms with van der Waals surface area (Å²) in [5.74, 6) is 1.25. The summed E-state index contributed by atoms with van der Waals surface area (Å²) in [6.45, 7) is 8.99. The molecule has 0 spiro atoms. The van der Waals surface area contributed by atoms with E-state index in [0.717, 1.165) is 76.0 Å². The van der Waals surface area contributed by atoms with Crippen LogP contribution < -0.4 is 11.1 Å². The highest BCUT2D eigenvalue weighted by atomic mass is 16.5. The van der Waals surface area contributed by atoms with Gasteiger partial charge in [-0.25, -0.2) is 14.8 Å². The van der Waals surface area contributed by atoms with Crippen LogP contribution in [0.25, 0.3) is 44.5 Å². The van der Waals surface area contributed by atoms with Crippen LogP contribution in [0.1, 0.15) is 77.1 Å². The molecule has 2 aliphatic heterocycles. The van der Waals surface area contributed by atoms with Gasteiger partial charge in [-0.15, -0.1) is 10.2 Å². The minimum atomic E-state index is -0.695. The van der Waals surface area contributed by atoms with Crippen molar-refractivity contribution in [2.45, 2.75) is 77.5 Å². The number of nitrogens with zero attached hydrogens (tertiary/aromatic N) is 6. The lowest BCUT2D eigenvalue weighted by atomic mass is 10.0. The minimum absolute atomic E-state index is 0.0280. The Labute approximate surface area is 301 Å². The summed E-state index contributed by atoms with van der Waals surface area (Å²) in [6, 6.07) is 12.4. The molecule has 5 N–H and O–H groups in total. The number of H-pyrrole nitrogens is 2. The van der Waals surface area contributed by atoms with Crippen molar-refractivity contribution in [1.29, 1.82) is 0 Å². The van der Waals surface area contributed by atoms with Crippen molar-refractivity contribution in [1.82, 2.24) is 45.2 Å². The second kappa shape index (κ2) is 14.3. The quantitative estimate of drug-likeness (QED) is 0.159. The average molecular weight is 707 g/mol. The van der Waals surface area contributed by atoms with Crippen LogP contribution in [0.3, 0.4) is 0 Å². The zero-order valence-corrected chi connectivity index (χ0v) is 30.2. The van der Waals surface area contributed by atoms with Crippen LogP contribution >= 0.6 is 0 Å². The first-order chi connectivity index (χ1) is 25.0. The molecule has 0 bridgehead atoms.